The van der Waals surface area contributed by atoms with Crippen molar-refractivity contribution in [2.24, 2.45) is 0 Å². The predicted molar refractivity (Wildman–Crippen MR) is 75.4 cm³/mol. The Balaban J connectivity index is 0.000000297. The van der Waals surface area contributed by atoms with Gasteiger partial charge in [0.15, 0.2) is 5.78 Å². The van der Waals surface area contributed by atoms with Gasteiger partial charge in [0, 0.05) is 5.56 Å². The lowest BCUT2D eigenvalue weighted by molar-refractivity contribution is -0.114. The van der Waals surface area contributed by atoms with Gasteiger partial charge in [0.2, 0.25) is 0 Å². The van der Waals surface area contributed by atoms with E-state index in [1.807, 2.05) is 54.6 Å². The number of ketones is 2. The summed E-state index contributed by atoms with van der Waals surface area (Å²) >= 11 is 0. The zero-order valence-electron chi connectivity index (χ0n) is 11.1. The number of benzene rings is 2. The molecule has 2 bridgehead atoms. The molecule has 2 nitrogen and oxygen atoms in total. The van der Waals surface area contributed by atoms with Gasteiger partial charge in [0.1, 0.15) is 5.78 Å². The second-order valence-electron chi connectivity index (χ2n) is 4.74. The number of Topliss-reactive ketones (excluding diaryl/α,β-unsaturated/α-hetero) is 2. The molecule has 0 aliphatic heterocycles. The minimum atomic E-state index is -0.0730. The molecular weight excluding hydrogens is 236 g/mol. The molecule has 0 radical (unpaired) electrons. The Morgan fingerprint density at radius 1 is 0.895 bits per heavy atom. The Morgan fingerprint density at radius 3 is 2.05 bits per heavy atom. The summed E-state index contributed by atoms with van der Waals surface area (Å²) in [5.74, 6) is 0.317. The normalized spacial score (nSPS) is 15.7. The van der Waals surface area contributed by atoms with Crippen molar-refractivity contribution < 1.29 is 9.59 Å². The van der Waals surface area contributed by atoms with E-state index in [0.717, 1.165) is 16.7 Å². The summed E-state index contributed by atoms with van der Waals surface area (Å²) in [6.45, 7) is 3.06. The maximum Gasteiger partial charge on any atom is 0.174 e. The molecule has 1 aliphatic carbocycles. The summed E-state index contributed by atoms with van der Waals surface area (Å²) < 4.78 is 0. The summed E-state index contributed by atoms with van der Waals surface area (Å²) in [5, 5.41) is 0. The van der Waals surface area contributed by atoms with E-state index in [1.165, 1.54) is 13.8 Å². The molecular formula is C17H16O2. The smallest absolute Gasteiger partial charge is 0.174 e. The fraction of sp³-hybridized carbons (Fsp3) is 0.176. The van der Waals surface area contributed by atoms with Crippen LogP contribution in [0, 0.1) is 0 Å². The summed E-state index contributed by atoms with van der Waals surface area (Å²) in [6, 6.07) is 17.8. The van der Waals surface area contributed by atoms with Gasteiger partial charge in [0.05, 0.1) is 5.92 Å². The zero-order valence-corrected chi connectivity index (χ0v) is 11.1. The molecule has 0 N–H and O–H groups in total. The van der Waals surface area contributed by atoms with Crippen molar-refractivity contribution >= 4 is 11.6 Å². The first-order chi connectivity index (χ1) is 9.09. The first kappa shape index (κ1) is 13.2. The molecule has 1 unspecified atom stereocenters. The maximum atomic E-state index is 12.0. The fourth-order valence-corrected chi connectivity index (χ4v) is 2.18. The van der Waals surface area contributed by atoms with Crippen molar-refractivity contribution in [2.75, 3.05) is 0 Å². The Morgan fingerprint density at radius 2 is 1.47 bits per heavy atom. The van der Waals surface area contributed by atoms with Crippen molar-refractivity contribution in [3.05, 3.63) is 71.3 Å². The van der Waals surface area contributed by atoms with Crippen molar-refractivity contribution in [1.82, 2.24) is 0 Å². The molecule has 0 aromatic heterocycles. The van der Waals surface area contributed by atoms with E-state index in [1.54, 1.807) is 0 Å². The van der Waals surface area contributed by atoms with E-state index in [2.05, 4.69) is 0 Å². The summed E-state index contributed by atoms with van der Waals surface area (Å²) in [7, 11) is 0. The van der Waals surface area contributed by atoms with Crippen molar-refractivity contribution in [3.8, 4) is 0 Å². The standard InChI is InChI=1S/C14H10O.C3H6O/c15-14-12-8-4-7-11(9-12)13(14)10-5-2-1-3-6-10;1-3(2)4/h1-9,13H;1-2H3. The lowest BCUT2D eigenvalue weighted by Crippen LogP contribution is -2.06. The number of hydrogen-bond donors (Lipinski definition) is 0. The van der Waals surface area contributed by atoms with Crippen LogP contribution >= 0.6 is 0 Å². The predicted octanol–water partition coefficient (Wildman–Crippen LogP) is 3.61. The first-order valence-corrected chi connectivity index (χ1v) is 6.26. The third kappa shape index (κ3) is 2.97. The van der Waals surface area contributed by atoms with Gasteiger partial charge in [-0.1, -0.05) is 48.5 Å². The largest absolute Gasteiger partial charge is 0.300 e. The van der Waals surface area contributed by atoms with Crippen LogP contribution in [0.4, 0.5) is 0 Å². The molecule has 2 aromatic carbocycles. The minimum absolute atomic E-state index is 0.0730. The first-order valence-electron chi connectivity index (χ1n) is 6.26. The van der Waals surface area contributed by atoms with Gasteiger partial charge in [0.25, 0.3) is 0 Å². The lowest BCUT2D eigenvalue weighted by Gasteiger charge is -2.08. The van der Waals surface area contributed by atoms with Gasteiger partial charge < -0.3 is 4.79 Å². The molecule has 1 atom stereocenters. The van der Waals surface area contributed by atoms with Crippen molar-refractivity contribution in [1.29, 1.82) is 0 Å². The van der Waals surface area contributed by atoms with Gasteiger partial charge in [-0.25, -0.2) is 0 Å². The minimum Gasteiger partial charge on any atom is -0.300 e. The topological polar surface area (TPSA) is 34.1 Å². The van der Waals surface area contributed by atoms with Crippen LogP contribution in [-0.4, -0.2) is 11.6 Å². The molecule has 0 heterocycles. The van der Waals surface area contributed by atoms with Gasteiger partial charge in [-0.15, -0.1) is 0 Å². The molecule has 0 spiro atoms. The third-order valence-electron chi connectivity index (χ3n) is 2.90. The quantitative estimate of drug-likeness (QED) is 0.777. The molecule has 1 aliphatic rings. The highest BCUT2D eigenvalue weighted by Gasteiger charge is 2.29. The molecule has 0 fully saturated rings. The summed E-state index contributed by atoms with van der Waals surface area (Å²) in [5.41, 5.74) is 3.04. The van der Waals surface area contributed by atoms with E-state index >= 15 is 0 Å². The Bertz CT molecular complexity index is 596. The average Bonchev–Trinajstić information content (AvgIpc) is 2.60. The van der Waals surface area contributed by atoms with Crippen LogP contribution in [0.3, 0.4) is 0 Å². The SMILES string of the molecule is CC(C)=O.O=C1c2cccc(c2)C1c1ccccc1. The highest BCUT2D eigenvalue weighted by atomic mass is 16.1. The lowest BCUT2D eigenvalue weighted by atomic mass is 9.93. The second kappa shape index (κ2) is 5.61. The zero-order chi connectivity index (χ0) is 13.8. The van der Waals surface area contributed by atoms with Crippen LogP contribution in [0.25, 0.3) is 0 Å². The van der Waals surface area contributed by atoms with Crippen molar-refractivity contribution in [2.45, 2.75) is 19.8 Å². The highest BCUT2D eigenvalue weighted by Crippen LogP contribution is 2.34. The third-order valence-corrected chi connectivity index (χ3v) is 2.90. The maximum absolute atomic E-state index is 12.0. The Kier molecular flexibility index (Phi) is 3.91. The fourth-order valence-electron chi connectivity index (χ4n) is 2.18. The molecule has 0 amide bonds. The van der Waals surface area contributed by atoms with Crippen LogP contribution in [0.15, 0.2) is 54.6 Å². The van der Waals surface area contributed by atoms with E-state index in [-0.39, 0.29) is 17.5 Å². The molecule has 0 saturated heterocycles. The number of rotatable bonds is 1. The van der Waals surface area contributed by atoms with Crippen LogP contribution in [-0.2, 0) is 4.79 Å². The monoisotopic (exact) mass is 252 g/mol. The Hall–Kier alpha value is -2.22. The van der Waals surface area contributed by atoms with Gasteiger partial charge >= 0.3 is 0 Å². The van der Waals surface area contributed by atoms with E-state index in [4.69, 9.17) is 0 Å². The summed E-state index contributed by atoms with van der Waals surface area (Å²) in [6.07, 6.45) is 0. The van der Waals surface area contributed by atoms with E-state index in [0.29, 0.717) is 0 Å². The van der Waals surface area contributed by atoms with Gasteiger partial charge in [-0.3, -0.25) is 4.79 Å². The number of carbonyl (C=O) groups is 2. The van der Waals surface area contributed by atoms with Crippen molar-refractivity contribution in [3.63, 3.8) is 0 Å². The van der Waals surface area contributed by atoms with Crippen LogP contribution in [0.2, 0.25) is 0 Å². The van der Waals surface area contributed by atoms with Crippen LogP contribution < -0.4 is 0 Å². The average molecular weight is 252 g/mol. The van der Waals surface area contributed by atoms with E-state index < -0.39 is 0 Å². The number of hydrogen-bond acceptors (Lipinski definition) is 2. The van der Waals surface area contributed by atoms with Crippen LogP contribution in [0.1, 0.15) is 41.3 Å². The summed E-state index contributed by atoms with van der Waals surface area (Å²) in [4.78, 5) is 21.5. The molecule has 0 saturated carbocycles. The van der Waals surface area contributed by atoms with Gasteiger partial charge in [-0.2, -0.15) is 0 Å². The second-order valence-corrected chi connectivity index (χ2v) is 4.74. The highest BCUT2D eigenvalue weighted by molar-refractivity contribution is 6.06. The molecule has 96 valence electrons. The molecule has 2 heteroatoms. The molecule has 19 heavy (non-hydrogen) atoms. The van der Waals surface area contributed by atoms with E-state index in [9.17, 15) is 9.59 Å². The molecule has 2 aromatic rings. The van der Waals surface area contributed by atoms with Crippen LogP contribution in [0.5, 0.6) is 0 Å². The molecule has 3 rings (SSSR count). The Labute approximate surface area is 113 Å². The number of fused-ring (bicyclic) bond motifs is 2. The van der Waals surface area contributed by atoms with Gasteiger partial charge in [-0.05, 0) is 31.0 Å². The number of carbonyl (C=O) groups excluding carboxylic acids is 2.